The maximum absolute atomic E-state index is 12.0. The zero-order valence-corrected chi connectivity index (χ0v) is 15.1. The Labute approximate surface area is 136 Å². The maximum atomic E-state index is 12.0. The lowest BCUT2D eigenvalue weighted by molar-refractivity contribution is 0.0183. The average molecular weight is 310 g/mol. The summed E-state index contributed by atoms with van der Waals surface area (Å²) in [5.74, 6) is 0.697. The van der Waals surface area contributed by atoms with Crippen molar-refractivity contribution in [2.45, 2.75) is 78.4 Å². The van der Waals surface area contributed by atoms with Gasteiger partial charge in [-0.25, -0.2) is 4.79 Å². The van der Waals surface area contributed by atoms with Crippen molar-refractivity contribution in [2.24, 2.45) is 11.3 Å². The summed E-state index contributed by atoms with van der Waals surface area (Å²) < 4.78 is 5.45. The molecule has 128 valence electrons. The van der Waals surface area contributed by atoms with Gasteiger partial charge in [0.25, 0.3) is 0 Å². The lowest BCUT2D eigenvalue weighted by atomic mass is 9.91. The third kappa shape index (κ3) is 5.45. The van der Waals surface area contributed by atoms with E-state index in [4.69, 9.17) is 4.74 Å². The number of hydrogen-bond donors (Lipinski definition) is 1. The molecular formula is C18H34N2O2. The first-order chi connectivity index (χ1) is 10.1. The molecule has 1 aliphatic carbocycles. The van der Waals surface area contributed by atoms with Crippen LogP contribution in [-0.4, -0.2) is 42.3 Å². The van der Waals surface area contributed by atoms with Crippen molar-refractivity contribution in [1.29, 1.82) is 0 Å². The zero-order valence-electron chi connectivity index (χ0n) is 15.1. The van der Waals surface area contributed by atoms with Crippen LogP contribution in [0.3, 0.4) is 0 Å². The van der Waals surface area contributed by atoms with Gasteiger partial charge >= 0.3 is 6.09 Å². The smallest absolute Gasteiger partial charge is 0.410 e. The fraction of sp³-hybridized carbons (Fsp3) is 0.944. The van der Waals surface area contributed by atoms with Crippen LogP contribution in [0.2, 0.25) is 0 Å². The number of nitrogens with one attached hydrogen (secondary N) is 1. The molecule has 0 bridgehead atoms. The molecule has 0 aromatic heterocycles. The number of hydrogen-bond acceptors (Lipinski definition) is 3. The molecule has 22 heavy (non-hydrogen) atoms. The Balaban J connectivity index is 1.66. The normalized spacial score (nSPS) is 26.2. The number of carbonyl (C=O) groups is 1. The van der Waals surface area contributed by atoms with Gasteiger partial charge in [0, 0.05) is 19.1 Å². The molecule has 2 rings (SSSR count). The summed E-state index contributed by atoms with van der Waals surface area (Å²) in [5.41, 5.74) is 0.114. The van der Waals surface area contributed by atoms with Crippen LogP contribution >= 0.6 is 0 Å². The van der Waals surface area contributed by atoms with E-state index in [0.29, 0.717) is 17.4 Å². The van der Waals surface area contributed by atoms with E-state index in [1.807, 2.05) is 25.7 Å². The molecule has 4 heteroatoms. The number of carbonyl (C=O) groups excluding carboxylic acids is 1. The van der Waals surface area contributed by atoms with Crippen molar-refractivity contribution in [3.05, 3.63) is 0 Å². The third-order valence-corrected chi connectivity index (χ3v) is 4.93. The van der Waals surface area contributed by atoms with Gasteiger partial charge in [-0.2, -0.15) is 0 Å². The van der Waals surface area contributed by atoms with E-state index < -0.39 is 5.60 Å². The quantitative estimate of drug-likeness (QED) is 0.862. The summed E-state index contributed by atoms with van der Waals surface area (Å²) in [7, 11) is 0. The molecule has 1 amide bonds. The molecule has 1 unspecified atom stereocenters. The van der Waals surface area contributed by atoms with Gasteiger partial charge in [0.2, 0.25) is 0 Å². The van der Waals surface area contributed by atoms with Gasteiger partial charge in [-0.1, -0.05) is 13.8 Å². The first-order valence-electron chi connectivity index (χ1n) is 8.86. The maximum Gasteiger partial charge on any atom is 0.410 e. The highest BCUT2D eigenvalue weighted by Crippen LogP contribution is 2.37. The molecular weight excluding hydrogens is 276 g/mol. The van der Waals surface area contributed by atoms with Gasteiger partial charge in [-0.3, -0.25) is 0 Å². The second-order valence-corrected chi connectivity index (χ2v) is 8.92. The monoisotopic (exact) mass is 310 g/mol. The van der Waals surface area contributed by atoms with E-state index in [1.54, 1.807) is 0 Å². The lowest BCUT2D eigenvalue weighted by Gasteiger charge is -2.34. The summed E-state index contributed by atoms with van der Waals surface area (Å²) in [6.45, 7) is 13.3. The molecule has 0 radical (unpaired) electrons. The number of rotatable bonds is 3. The van der Waals surface area contributed by atoms with Gasteiger partial charge in [0.05, 0.1) is 0 Å². The Morgan fingerprint density at radius 2 is 1.86 bits per heavy atom. The second-order valence-electron chi connectivity index (χ2n) is 8.92. The Hall–Kier alpha value is -0.770. The summed E-state index contributed by atoms with van der Waals surface area (Å²) in [6.07, 6.45) is 5.96. The molecule has 1 saturated carbocycles. The molecule has 1 saturated heterocycles. The van der Waals surface area contributed by atoms with E-state index in [-0.39, 0.29) is 6.09 Å². The molecule has 1 atom stereocenters. The van der Waals surface area contributed by atoms with Crippen LogP contribution in [0, 0.1) is 11.3 Å². The SMILES string of the molecule is CC1(C)CCC(NCC2CCN(C(=O)OC(C)(C)C)CC2)C1. The molecule has 0 aromatic carbocycles. The molecule has 4 nitrogen and oxygen atoms in total. The standard InChI is InChI=1S/C18H34N2O2/c1-17(2,3)22-16(21)20-10-7-14(8-11-20)13-19-15-6-9-18(4,5)12-15/h14-15,19H,6-13H2,1-5H3. The van der Waals surface area contributed by atoms with Gasteiger partial charge < -0.3 is 15.0 Å². The number of ether oxygens (including phenoxy) is 1. The predicted octanol–water partition coefficient (Wildman–Crippen LogP) is 3.80. The van der Waals surface area contributed by atoms with Gasteiger partial charge in [-0.15, -0.1) is 0 Å². The Morgan fingerprint density at radius 1 is 1.23 bits per heavy atom. The molecule has 1 N–H and O–H groups in total. The van der Waals surface area contributed by atoms with Crippen molar-refractivity contribution >= 4 is 6.09 Å². The van der Waals surface area contributed by atoms with Crippen LogP contribution in [0.1, 0.15) is 66.7 Å². The minimum absolute atomic E-state index is 0.156. The van der Waals surface area contributed by atoms with E-state index in [1.165, 1.54) is 19.3 Å². The van der Waals surface area contributed by atoms with Crippen LogP contribution in [0.5, 0.6) is 0 Å². The first kappa shape index (κ1) is 17.6. The highest BCUT2D eigenvalue weighted by molar-refractivity contribution is 5.68. The average Bonchev–Trinajstić information content (AvgIpc) is 2.74. The van der Waals surface area contributed by atoms with E-state index in [0.717, 1.165) is 32.5 Å². The second kappa shape index (κ2) is 6.77. The topological polar surface area (TPSA) is 41.6 Å². The van der Waals surface area contributed by atoms with Crippen LogP contribution in [-0.2, 0) is 4.74 Å². The number of piperidine rings is 1. The summed E-state index contributed by atoms with van der Waals surface area (Å²) in [6, 6.07) is 0.693. The summed E-state index contributed by atoms with van der Waals surface area (Å²) in [5, 5.41) is 3.75. The fourth-order valence-corrected chi connectivity index (χ4v) is 3.59. The Kier molecular flexibility index (Phi) is 5.41. The zero-order chi connectivity index (χ0) is 16.4. The van der Waals surface area contributed by atoms with Crippen molar-refractivity contribution < 1.29 is 9.53 Å². The minimum Gasteiger partial charge on any atom is -0.444 e. The minimum atomic E-state index is -0.398. The Morgan fingerprint density at radius 3 is 2.36 bits per heavy atom. The highest BCUT2D eigenvalue weighted by atomic mass is 16.6. The molecule has 0 aromatic rings. The van der Waals surface area contributed by atoms with E-state index >= 15 is 0 Å². The number of amides is 1. The largest absolute Gasteiger partial charge is 0.444 e. The summed E-state index contributed by atoms with van der Waals surface area (Å²) >= 11 is 0. The van der Waals surface area contributed by atoms with Crippen molar-refractivity contribution in [3.63, 3.8) is 0 Å². The molecule has 2 aliphatic rings. The first-order valence-corrected chi connectivity index (χ1v) is 8.86. The van der Waals surface area contributed by atoms with E-state index in [2.05, 4.69) is 19.2 Å². The van der Waals surface area contributed by atoms with Crippen molar-refractivity contribution in [3.8, 4) is 0 Å². The van der Waals surface area contributed by atoms with Crippen molar-refractivity contribution in [2.75, 3.05) is 19.6 Å². The number of likely N-dealkylation sites (tertiary alicyclic amines) is 1. The van der Waals surface area contributed by atoms with Crippen LogP contribution in [0.25, 0.3) is 0 Å². The molecule has 1 heterocycles. The highest BCUT2D eigenvalue weighted by Gasteiger charge is 2.31. The van der Waals surface area contributed by atoms with E-state index in [9.17, 15) is 4.79 Å². The predicted molar refractivity (Wildman–Crippen MR) is 90.0 cm³/mol. The third-order valence-electron chi connectivity index (χ3n) is 4.93. The van der Waals surface area contributed by atoms with Gasteiger partial charge in [0.1, 0.15) is 5.60 Å². The number of nitrogens with zero attached hydrogens (tertiary/aromatic N) is 1. The van der Waals surface area contributed by atoms with Crippen LogP contribution in [0.4, 0.5) is 4.79 Å². The molecule has 0 spiro atoms. The molecule has 2 fully saturated rings. The fourth-order valence-electron chi connectivity index (χ4n) is 3.59. The summed E-state index contributed by atoms with van der Waals surface area (Å²) in [4.78, 5) is 13.9. The molecule has 1 aliphatic heterocycles. The lowest BCUT2D eigenvalue weighted by Crippen LogP contribution is -2.44. The Bertz CT molecular complexity index is 379. The van der Waals surface area contributed by atoms with Crippen LogP contribution < -0.4 is 5.32 Å². The van der Waals surface area contributed by atoms with Gasteiger partial charge in [0.15, 0.2) is 0 Å². The van der Waals surface area contributed by atoms with Crippen LogP contribution in [0.15, 0.2) is 0 Å². The van der Waals surface area contributed by atoms with Gasteiger partial charge in [-0.05, 0) is 70.8 Å². The van der Waals surface area contributed by atoms with Crippen molar-refractivity contribution in [1.82, 2.24) is 10.2 Å².